The zero-order valence-electron chi connectivity index (χ0n) is 15.9. The Kier molecular flexibility index (Phi) is 5.35. The van der Waals surface area contributed by atoms with Crippen LogP contribution in [0, 0.1) is 0 Å². The molecule has 0 N–H and O–H groups in total. The summed E-state index contributed by atoms with van der Waals surface area (Å²) in [7, 11) is 0. The van der Waals surface area contributed by atoms with Gasteiger partial charge in [-0.2, -0.15) is 10.1 Å². The molecule has 0 saturated heterocycles. The summed E-state index contributed by atoms with van der Waals surface area (Å²) in [5.41, 5.74) is 3.97. The fraction of sp³-hybridized carbons (Fsp3) is 0.0870. The molecule has 0 spiro atoms. The predicted molar refractivity (Wildman–Crippen MR) is 118 cm³/mol. The molecule has 1 aliphatic heterocycles. The lowest BCUT2D eigenvalue weighted by atomic mass is 10.1. The number of rotatable bonds is 6. The first-order valence-electron chi connectivity index (χ1n) is 9.12. The van der Waals surface area contributed by atoms with Crippen LogP contribution in [-0.4, -0.2) is 23.2 Å². The van der Waals surface area contributed by atoms with Crippen LogP contribution in [0.4, 0.5) is 5.13 Å². The standard InChI is InChI=1S/C23H19N3O2S/c1-3-13-28-19-11-9-17(10-12-19)14-20-16(2)25-26(22(20)27)23-24-21(15-29-23)18-7-5-4-6-8-18/h3-12,14-15H,1,13H2,2H3. The fourth-order valence-electron chi connectivity index (χ4n) is 2.90. The van der Waals surface area contributed by atoms with E-state index in [1.807, 2.05) is 73.0 Å². The van der Waals surface area contributed by atoms with Gasteiger partial charge in [0.15, 0.2) is 0 Å². The van der Waals surface area contributed by atoms with E-state index >= 15 is 0 Å². The zero-order chi connectivity index (χ0) is 20.2. The molecule has 0 atom stereocenters. The van der Waals surface area contributed by atoms with Gasteiger partial charge in [-0.25, -0.2) is 4.98 Å². The van der Waals surface area contributed by atoms with E-state index in [0.717, 1.165) is 22.6 Å². The normalized spacial score (nSPS) is 14.9. The Morgan fingerprint density at radius 3 is 2.62 bits per heavy atom. The van der Waals surface area contributed by atoms with Gasteiger partial charge in [-0.3, -0.25) is 4.79 Å². The molecular formula is C23H19N3O2S. The smallest absolute Gasteiger partial charge is 0.282 e. The summed E-state index contributed by atoms with van der Waals surface area (Å²) in [6.07, 6.45) is 3.54. The van der Waals surface area contributed by atoms with E-state index < -0.39 is 0 Å². The lowest BCUT2D eigenvalue weighted by molar-refractivity contribution is -0.114. The first-order chi connectivity index (χ1) is 14.2. The van der Waals surface area contributed by atoms with E-state index in [-0.39, 0.29) is 5.91 Å². The number of nitrogens with zero attached hydrogens (tertiary/aromatic N) is 3. The zero-order valence-corrected chi connectivity index (χ0v) is 16.7. The summed E-state index contributed by atoms with van der Waals surface area (Å²) in [6.45, 7) is 5.92. The van der Waals surface area contributed by atoms with Crippen molar-refractivity contribution in [2.75, 3.05) is 11.6 Å². The van der Waals surface area contributed by atoms with E-state index in [9.17, 15) is 4.79 Å². The monoisotopic (exact) mass is 401 g/mol. The van der Waals surface area contributed by atoms with Gasteiger partial charge in [0.1, 0.15) is 12.4 Å². The summed E-state index contributed by atoms with van der Waals surface area (Å²) in [5.74, 6) is 0.580. The molecule has 29 heavy (non-hydrogen) atoms. The number of carbonyl (C=O) groups is 1. The number of hydrogen-bond acceptors (Lipinski definition) is 5. The Hall–Kier alpha value is -3.51. The summed E-state index contributed by atoms with van der Waals surface area (Å²) in [4.78, 5) is 17.5. The molecule has 4 rings (SSSR count). The number of benzene rings is 2. The van der Waals surface area contributed by atoms with Crippen LogP contribution in [0.2, 0.25) is 0 Å². The van der Waals surface area contributed by atoms with Gasteiger partial charge in [-0.05, 0) is 30.7 Å². The molecule has 0 aliphatic carbocycles. The molecule has 0 bridgehead atoms. The van der Waals surface area contributed by atoms with Gasteiger partial charge in [-0.15, -0.1) is 11.3 Å². The van der Waals surface area contributed by atoms with Crippen molar-refractivity contribution in [2.24, 2.45) is 5.10 Å². The molecule has 0 fully saturated rings. The second-order valence-electron chi connectivity index (χ2n) is 6.41. The Morgan fingerprint density at radius 2 is 1.90 bits per heavy atom. The second-order valence-corrected chi connectivity index (χ2v) is 7.25. The molecule has 2 heterocycles. The van der Waals surface area contributed by atoms with Crippen LogP contribution in [0.5, 0.6) is 5.75 Å². The largest absolute Gasteiger partial charge is 0.490 e. The number of hydrogen-bond donors (Lipinski definition) is 0. The topological polar surface area (TPSA) is 54.8 Å². The molecule has 1 aliphatic rings. The predicted octanol–water partition coefficient (Wildman–Crippen LogP) is 5.18. The molecule has 0 radical (unpaired) electrons. The number of aromatic nitrogens is 1. The van der Waals surface area contributed by atoms with Crippen LogP contribution >= 0.6 is 11.3 Å². The minimum absolute atomic E-state index is 0.177. The number of carbonyl (C=O) groups excluding carboxylic acids is 1. The van der Waals surface area contributed by atoms with Gasteiger partial charge in [0.25, 0.3) is 5.91 Å². The molecular weight excluding hydrogens is 382 g/mol. The minimum atomic E-state index is -0.177. The van der Waals surface area contributed by atoms with Crippen molar-refractivity contribution in [1.29, 1.82) is 0 Å². The van der Waals surface area contributed by atoms with E-state index in [1.54, 1.807) is 6.08 Å². The van der Waals surface area contributed by atoms with Gasteiger partial charge in [0.2, 0.25) is 5.13 Å². The van der Waals surface area contributed by atoms with Crippen molar-refractivity contribution in [2.45, 2.75) is 6.92 Å². The Labute approximate surface area is 173 Å². The van der Waals surface area contributed by atoms with Gasteiger partial charge in [0, 0.05) is 10.9 Å². The summed E-state index contributed by atoms with van der Waals surface area (Å²) in [6, 6.07) is 17.4. The van der Waals surface area contributed by atoms with Crippen LogP contribution in [0.25, 0.3) is 17.3 Å². The van der Waals surface area contributed by atoms with Crippen molar-refractivity contribution < 1.29 is 9.53 Å². The van der Waals surface area contributed by atoms with Crippen molar-refractivity contribution in [1.82, 2.24) is 4.98 Å². The first-order valence-corrected chi connectivity index (χ1v) is 10.00. The third-order valence-electron chi connectivity index (χ3n) is 4.36. The Balaban J connectivity index is 1.55. The molecule has 1 aromatic heterocycles. The molecule has 1 amide bonds. The number of thiazole rings is 1. The van der Waals surface area contributed by atoms with E-state index in [1.165, 1.54) is 16.3 Å². The summed E-state index contributed by atoms with van der Waals surface area (Å²) >= 11 is 1.40. The first kappa shape index (κ1) is 18.8. The lowest BCUT2D eigenvalue weighted by Crippen LogP contribution is -2.21. The quantitative estimate of drug-likeness (QED) is 0.422. The number of amides is 1. The van der Waals surface area contributed by atoms with Crippen molar-refractivity contribution in [3.8, 4) is 17.0 Å². The summed E-state index contributed by atoms with van der Waals surface area (Å²) in [5, 5.41) is 8.30. The van der Waals surface area contributed by atoms with Crippen LogP contribution < -0.4 is 9.75 Å². The highest BCUT2D eigenvalue weighted by Crippen LogP contribution is 2.31. The third-order valence-corrected chi connectivity index (χ3v) is 5.18. The Morgan fingerprint density at radius 1 is 1.14 bits per heavy atom. The van der Waals surface area contributed by atoms with Gasteiger partial charge >= 0.3 is 0 Å². The highest BCUT2D eigenvalue weighted by atomic mass is 32.1. The SMILES string of the molecule is C=CCOc1ccc(C=C2C(=O)N(c3nc(-c4ccccc4)cs3)N=C2C)cc1. The molecule has 0 unspecified atom stereocenters. The fourth-order valence-corrected chi connectivity index (χ4v) is 3.68. The molecule has 144 valence electrons. The Bertz CT molecular complexity index is 1100. The van der Waals surface area contributed by atoms with Gasteiger partial charge in [0.05, 0.1) is 17.0 Å². The number of anilines is 1. The highest BCUT2D eigenvalue weighted by molar-refractivity contribution is 7.14. The molecule has 3 aromatic rings. The van der Waals surface area contributed by atoms with Crippen LogP contribution in [-0.2, 0) is 4.79 Å². The third kappa shape index (κ3) is 4.02. The van der Waals surface area contributed by atoms with Crippen LogP contribution in [0.3, 0.4) is 0 Å². The average molecular weight is 401 g/mol. The van der Waals surface area contributed by atoms with E-state index in [4.69, 9.17) is 4.74 Å². The maximum absolute atomic E-state index is 12.9. The van der Waals surface area contributed by atoms with Gasteiger partial charge in [-0.1, -0.05) is 55.1 Å². The van der Waals surface area contributed by atoms with E-state index in [2.05, 4.69) is 16.7 Å². The molecule has 2 aromatic carbocycles. The van der Waals surface area contributed by atoms with Crippen LogP contribution in [0.15, 0.2) is 83.3 Å². The average Bonchev–Trinajstić information content (AvgIpc) is 3.34. The maximum atomic E-state index is 12.9. The van der Waals surface area contributed by atoms with E-state index in [0.29, 0.717) is 23.0 Å². The lowest BCUT2D eigenvalue weighted by Gasteiger charge is -2.07. The van der Waals surface area contributed by atoms with Crippen LogP contribution in [0.1, 0.15) is 12.5 Å². The minimum Gasteiger partial charge on any atom is -0.490 e. The molecule has 6 heteroatoms. The van der Waals surface area contributed by atoms with Crippen molar-refractivity contribution in [3.63, 3.8) is 0 Å². The molecule has 0 saturated carbocycles. The highest BCUT2D eigenvalue weighted by Gasteiger charge is 2.30. The van der Waals surface area contributed by atoms with Crippen molar-refractivity contribution >= 4 is 34.2 Å². The number of ether oxygens (including phenoxy) is 1. The molecule has 5 nitrogen and oxygen atoms in total. The van der Waals surface area contributed by atoms with Crippen molar-refractivity contribution in [3.05, 3.63) is 83.8 Å². The number of hydrazone groups is 1. The van der Waals surface area contributed by atoms with Gasteiger partial charge < -0.3 is 4.74 Å². The maximum Gasteiger partial charge on any atom is 0.282 e. The second kappa shape index (κ2) is 8.24. The summed E-state index contributed by atoms with van der Waals surface area (Å²) < 4.78 is 5.49.